The summed E-state index contributed by atoms with van der Waals surface area (Å²) in [6, 6.07) is -0.749. The molecule has 1 amide bonds. The minimum absolute atomic E-state index is 0. The predicted molar refractivity (Wildman–Crippen MR) is 59.4 cm³/mol. The summed E-state index contributed by atoms with van der Waals surface area (Å²) in [7, 11) is 0. The number of rotatable bonds is 6. The van der Waals surface area contributed by atoms with Crippen LogP contribution in [0.5, 0.6) is 0 Å². The van der Waals surface area contributed by atoms with Gasteiger partial charge in [-0.1, -0.05) is 13.8 Å². The van der Waals surface area contributed by atoms with Gasteiger partial charge in [-0.25, -0.2) is 0 Å². The fraction of sp³-hybridized carbons (Fsp3) is 0.778. The number of hydrogen-bond donors (Lipinski definition) is 2. The molecule has 0 unspecified atom stereocenters. The normalized spacial score (nSPS) is 11.7. The van der Waals surface area contributed by atoms with E-state index in [4.69, 9.17) is 16.2 Å². The largest absolute Gasteiger partial charge is 0.464 e. The lowest BCUT2D eigenvalue weighted by Gasteiger charge is -2.11. The van der Waals surface area contributed by atoms with Crippen molar-refractivity contribution in [1.29, 1.82) is 0 Å². The fourth-order valence-electron chi connectivity index (χ4n) is 0.771. The monoisotopic (exact) mass is 238 g/mol. The Hall–Kier alpha value is -0.810. The van der Waals surface area contributed by atoms with Crippen LogP contribution in [-0.4, -0.2) is 24.5 Å². The third-order valence-corrected chi connectivity index (χ3v) is 1.56. The molecule has 0 spiro atoms. The van der Waals surface area contributed by atoms with E-state index < -0.39 is 17.9 Å². The summed E-state index contributed by atoms with van der Waals surface area (Å²) in [6.45, 7) is 4.22. The van der Waals surface area contributed by atoms with Crippen LogP contribution in [0.1, 0.15) is 26.7 Å². The van der Waals surface area contributed by atoms with Gasteiger partial charge in [0, 0.05) is 6.42 Å². The first-order chi connectivity index (χ1) is 6.43. The highest BCUT2D eigenvalue weighted by atomic mass is 35.5. The zero-order valence-corrected chi connectivity index (χ0v) is 9.88. The molecule has 15 heavy (non-hydrogen) atoms. The van der Waals surface area contributed by atoms with Crippen molar-refractivity contribution in [3.63, 3.8) is 0 Å². The molecule has 0 aromatic heterocycles. The molecule has 0 rings (SSSR count). The molecule has 0 fully saturated rings. The summed E-state index contributed by atoms with van der Waals surface area (Å²) in [5, 5.41) is 0. The van der Waals surface area contributed by atoms with Crippen LogP contribution in [0.4, 0.5) is 0 Å². The first kappa shape index (κ1) is 16.6. The number of halogens is 1. The Morgan fingerprint density at radius 3 is 2.27 bits per heavy atom. The molecule has 5 nitrogen and oxygen atoms in total. The number of ether oxygens (including phenoxy) is 1. The number of carbonyl (C=O) groups excluding carboxylic acids is 2. The van der Waals surface area contributed by atoms with Gasteiger partial charge in [-0.15, -0.1) is 12.4 Å². The van der Waals surface area contributed by atoms with E-state index in [0.29, 0.717) is 6.61 Å². The molecule has 0 radical (unpaired) electrons. The quantitative estimate of drug-likeness (QED) is 0.646. The summed E-state index contributed by atoms with van der Waals surface area (Å²) in [6.07, 6.45) is 0.351. The van der Waals surface area contributed by atoms with Crippen LogP contribution >= 0.6 is 12.4 Å². The van der Waals surface area contributed by atoms with Crippen molar-refractivity contribution in [1.82, 2.24) is 0 Å². The SMILES string of the molecule is CC(C)COC(=O)[C@@H](N)CCC(N)=O.Cl. The van der Waals surface area contributed by atoms with Gasteiger partial charge in [-0.05, 0) is 12.3 Å². The molecule has 0 aliphatic rings. The van der Waals surface area contributed by atoms with Crippen molar-refractivity contribution in [2.75, 3.05) is 6.61 Å². The van der Waals surface area contributed by atoms with Gasteiger partial charge >= 0.3 is 5.97 Å². The van der Waals surface area contributed by atoms with Crippen LogP contribution in [0, 0.1) is 5.92 Å². The first-order valence-corrected chi connectivity index (χ1v) is 4.64. The van der Waals surface area contributed by atoms with E-state index in [1.54, 1.807) is 0 Å². The van der Waals surface area contributed by atoms with Crippen molar-refractivity contribution in [2.45, 2.75) is 32.7 Å². The van der Waals surface area contributed by atoms with Crippen LogP contribution in [0.25, 0.3) is 0 Å². The van der Waals surface area contributed by atoms with Gasteiger partial charge in [0.1, 0.15) is 6.04 Å². The maximum atomic E-state index is 11.2. The van der Waals surface area contributed by atoms with E-state index in [-0.39, 0.29) is 31.2 Å². The Balaban J connectivity index is 0. The molecule has 90 valence electrons. The summed E-state index contributed by atoms with van der Waals surface area (Å²) < 4.78 is 4.88. The Bertz CT molecular complexity index is 210. The second-order valence-electron chi connectivity index (χ2n) is 3.64. The van der Waals surface area contributed by atoms with Gasteiger partial charge in [0.25, 0.3) is 0 Å². The second-order valence-corrected chi connectivity index (χ2v) is 3.64. The zero-order chi connectivity index (χ0) is 11.1. The van der Waals surface area contributed by atoms with Crippen LogP contribution in [0.15, 0.2) is 0 Å². The molecular weight excluding hydrogens is 220 g/mol. The van der Waals surface area contributed by atoms with Gasteiger partial charge < -0.3 is 16.2 Å². The number of hydrogen-bond acceptors (Lipinski definition) is 4. The maximum absolute atomic E-state index is 11.2. The summed E-state index contributed by atoms with van der Waals surface area (Å²) >= 11 is 0. The Kier molecular flexibility index (Phi) is 9.41. The van der Waals surface area contributed by atoms with Crippen molar-refractivity contribution in [3.05, 3.63) is 0 Å². The second kappa shape index (κ2) is 8.49. The lowest BCUT2D eigenvalue weighted by molar-refractivity contribution is -0.146. The first-order valence-electron chi connectivity index (χ1n) is 4.64. The molecule has 0 bridgehead atoms. The Morgan fingerprint density at radius 1 is 1.33 bits per heavy atom. The number of amides is 1. The predicted octanol–water partition coefficient (Wildman–Crippen LogP) is 0.200. The van der Waals surface area contributed by atoms with E-state index in [1.807, 2.05) is 13.8 Å². The highest BCUT2D eigenvalue weighted by Gasteiger charge is 2.15. The minimum atomic E-state index is -0.749. The van der Waals surface area contributed by atoms with E-state index in [9.17, 15) is 9.59 Å². The van der Waals surface area contributed by atoms with E-state index >= 15 is 0 Å². The van der Waals surface area contributed by atoms with Crippen molar-refractivity contribution in [3.8, 4) is 0 Å². The van der Waals surface area contributed by atoms with Gasteiger partial charge in [-0.2, -0.15) is 0 Å². The van der Waals surface area contributed by atoms with Crippen LogP contribution in [-0.2, 0) is 14.3 Å². The van der Waals surface area contributed by atoms with Crippen LogP contribution in [0.3, 0.4) is 0 Å². The average Bonchev–Trinajstić information content (AvgIpc) is 2.09. The summed E-state index contributed by atoms with van der Waals surface area (Å²) in [5.41, 5.74) is 10.4. The fourth-order valence-corrected chi connectivity index (χ4v) is 0.771. The molecule has 0 saturated carbocycles. The molecule has 0 aliphatic carbocycles. The Morgan fingerprint density at radius 2 is 1.87 bits per heavy atom. The Labute approximate surface area is 95.9 Å². The third kappa shape index (κ3) is 9.49. The molecular formula is C9H19ClN2O3. The van der Waals surface area contributed by atoms with Crippen molar-refractivity contribution in [2.24, 2.45) is 17.4 Å². The minimum Gasteiger partial charge on any atom is -0.464 e. The van der Waals surface area contributed by atoms with Gasteiger partial charge in [0.15, 0.2) is 0 Å². The van der Waals surface area contributed by atoms with Gasteiger partial charge in [0.05, 0.1) is 6.61 Å². The standard InChI is InChI=1S/C9H18N2O3.ClH/c1-6(2)5-14-9(13)7(10)3-4-8(11)12;/h6-7H,3-5,10H2,1-2H3,(H2,11,12);1H/t7-;/m0./s1. The molecule has 1 atom stereocenters. The lowest BCUT2D eigenvalue weighted by atomic mass is 10.1. The lowest BCUT2D eigenvalue weighted by Crippen LogP contribution is -2.34. The molecule has 0 aromatic carbocycles. The van der Waals surface area contributed by atoms with Gasteiger partial charge in [0.2, 0.25) is 5.91 Å². The molecule has 0 heterocycles. The maximum Gasteiger partial charge on any atom is 0.322 e. The van der Waals surface area contributed by atoms with E-state index in [0.717, 1.165) is 0 Å². The third-order valence-electron chi connectivity index (χ3n) is 1.56. The topological polar surface area (TPSA) is 95.4 Å². The van der Waals surface area contributed by atoms with Crippen LogP contribution < -0.4 is 11.5 Å². The highest BCUT2D eigenvalue weighted by molar-refractivity contribution is 5.85. The molecule has 0 saturated heterocycles. The average molecular weight is 239 g/mol. The highest BCUT2D eigenvalue weighted by Crippen LogP contribution is 1.99. The number of nitrogens with two attached hydrogens (primary N) is 2. The van der Waals surface area contributed by atoms with Gasteiger partial charge in [-0.3, -0.25) is 9.59 Å². The van der Waals surface area contributed by atoms with E-state index in [1.165, 1.54) is 0 Å². The molecule has 4 N–H and O–H groups in total. The smallest absolute Gasteiger partial charge is 0.322 e. The van der Waals surface area contributed by atoms with Crippen molar-refractivity contribution < 1.29 is 14.3 Å². The molecule has 0 aromatic rings. The summed E-state index contributed by atoms with van der Waals surface area (Å²) in [4.78, 5) is 21.6. The molecule has 6 heteroatoms. The number of esters is 1. The number of carbonyl (C=O) groups is 2. The van der Waals surface area contributed by atoms with Crippen molar-refractivity contribution >= 4 is 24.3 Å². The summed E-state index contributed by atoms with van der Waals surface area (Å²) in [5.74, 6) is -0.653. The zero-order valence-electron chi connectivity index (χ0n) is 9.06. The number of primary amides is 1. The van der Waals surface area contributed by atoms with E-state index in [2.05, 4.69) is 0 Å². The van der Waals surface area contributed by atoms with Crippen LogP contribution in [0.2, 0.25) is 0 Å². The molecule has 0 aliphatic heterocycles.